The highest BCUT2D eigenvalue weighted by atomic mass is 19.1. The number of halogens is 1. The van der Waals surface area contributed by atoms with Gasteiger partial charge in [0, 0.05) is 35.2 Å². The molecule has 1 amide bonds. The second-order valence-corrected chi connectivity index (χ2v) is 9.26. The highest BCUT2D eigenvalue weighted by Crippen LogP contribution is 2.47. The minimum atomic E-state index is -0.274. The molecule has 32 heavy (non-hydrogen) atoms. The molecule has 1 saturated carbocycles. The molecule has 3 aliphatic rings. The molecule has 1 aliphatic carbocycles. The van der Waals surface area contributed by atoms with Crippen molar-refractivity contribution in [3.8, 4) is 11.8 Å². The van der Waals surface area contributed by atoms with Crippen LogP contribution in [0.5, 0.6) is 0 Å². The Hall–Kier alpha value is -2.84. The molecule has 2 aliphatic heterocycles. The van der Waals surface area contributed by atoms with Gasteiger partial charge in [-0.25, -0.2) is 4.39 Å². The van der Waals surface area contributed by atoms with Gasteiger partial charge in [-0.05, 0) is 67.3 Å². The number of nitrogens with one attached hydrogen (secondary N) is 1. The van der Waals surface area contributed by atoms with Crippen molar-refractivity contribution in [1.82, 2.24) is 4.90 Å². The first kappa shape index (κ1) is 21.0. The van der Waals surface area contributed by atoms with Gasteiger partial charge in [-0.15, -0.1) is 0 Å². The van der Waals surface area contributed by atoms with Crippen molar-refractivity contribution in [2.24, 2.45) is 11.8 Å². The van der Waals surface area contributed by atoms with Crippen LogP contribution in [0.3, 0.4) is 0 Å². The van der Waals surface area contributed by atoms with E-state index in [1.807, 2.05) is 12.1 Å². The maximum Gasteiger partial charge on any atom is 0.226 e. The van der Waals surface area contributed by atoms with Gasteiger partial charge in [0.2, 0.25) is 5.91 Å². The van der Waals surface area contributed by atoms with Gasteiger partial charge in [0.1, 0.15) is 5.82 Å². The minimum Gasteiger partial charge on any atom is -0.394 e. The Balaban J connectivity index is 1.47. The molecule has 2 N–H and O–H groups in total. The lowest BCUT2D eigenvalue weighted by Crippen LogP contribution is -2.44. The summed E-state index contributed by atoms with van der Waals surface area (Å²) in [5.41, 5.74) is 3.69. The molecular formula is C27H29FN2O2. The molecule has 0 aromatic heterocycles. The second kappa shape index (κ2) is 8.96. The van der Waals surface area contributed by atoms with Crippen molar-refractivity contribution in [3.63, 3.8) is 0 Å². The number of hydrogen-bond donors (Lipinski definition) is 2. The first-order chi connectivity index (χ1) is 15.6. The van der Waals surface area contributed by atoms with E-state index >= 15 is 0 Å². The molecule has 2 fully saturated rings. The number of carbonyl (C=O) groups excluding carboxylic acids is 1. The first-order valence-electron chi connectivity index (χ1n) is 11.7. The van der Waals surface area contributed by atoms with Gasteiger partial charge in [-0.3, -0.25) is 4.79 Å². The third-order valence-electron chi connectivity index (χ3n) is 7.30. The zero-order valence-electron chi connectivity index (χ0n) is 18.2. The number of carbonyl (C=O) groups is 1. The van der Waals surface area contributed by atoms with Crippen molar-refractivity contribution in [2.75, 3.05) is 18.5 Å². The quantitative estimate of drug-likeness (QED) is 0.688. The van der Waals surface area contributed by atoms with Gasteiger partial charge in [-0.2, -0.15) is 0 Å². The normalized spacial score (nSPS) is 24.7. The molecule has 2 heterocycles. The van der Waals surface area contributed by atoms with Crippen molar-refractivity contribution < 1.29 is 14.3 Å². The molecule has 5 rings (SSSR count). The minimum absolute atomic E-state index is 0.0228. The van der Waals surface area contributed by atoms with Crippen LogP contribution < -0.4 is 5.32 Å². The molecular weight excluding hydrogens is 403 g/mol. The zero-order chi connectivity index (χ0) is 22.1. The van der Waals surface area contributed by atoms with Crippen LogP contribution in [-0.2, 0) is 4.79 Å². The number of aliphatic hydroxyl groups excluding tert-OH is 1. The average molecular weight is 433 g/mol. The topological polar surface area (TPSA) is 52.6 Å². The van der Waals surface area contributed by atoms with E-state index in [9.17, 15) is 14.3 Å². The molecule has 1 saturated heterocycles. The van der Waals surface area contributed by atoms with Crippen LogP contribution >= 0.6 is 0 Å². The number of anilines is 1. The van der Waals surface area contributed by atoms with E-state index in [0.717, 1.165) is 61.0 Å². The summed E-state index contributed by atoms with van der Waals surface area (Å²) in [7, 11) is 0. The molecule has 0 bridgehead atoms. The maximum absolute atomic E-state index is 13.5. The van der Waals surface area contributed by atoms with E-state index in [2.05, 4.69) is 28.1 Å². The summed E-state index contributed by atoms with van der Waals surface area (Å²) in [5.74, 6) is 6.63. The predicted octanol–water partition coefficient (Wildman–Crippen LogP) is 4.48. The molecule has 3 atom stereocenters. The predicted molar refractivity (Wildman–Crippen MR) is 122 cm³/mol. The number of benzene rings is 2. The lowest BCUT2D eigenvalue weighted by atomic mass is 9.82. The van der Waals surface area contributed by atoms with E-state index in [0.29, 0.717) is 0 Å². The Bertz CT molecular complexity index is 1050. The summed E-state index contributed by atoms with van der Waals surface area (Å²) < 4.78 is 13.2. The van der Waals surface area contributed by atoms with E-state index in [-0.39, 0.29) is 42.3 Å². The van der Waals surface area contributed by atoms with Crippen LogP contribution in [0.25, 0.3) is 0 Å². The van der Waals surface area contributed by atoms with E-state index in [4.69, 9.17) is 0 Å². The van der Waals surface area contributed by atoms with Crippen LogP contribution in [0, 0.1) is 29.5 Å². The smallest absolute Gasteiger partial charge is 0.226 e. The first-order valence-corrected chi connectivity index (χ1v) is 11.7. The standard InChI is InChI=1S/C27H29FN2O2/c28-21-11-8-18(9-12-21)6-7-19-10-13-24-23(16-19)26-22(25(17-31)29-24)14-15-30(26)27(32)20-4-2-1-3-5-20/h8-13,16,20,22,25-26,29,31H,1-5,14-15,17H2/t22-,25-,26-/m1/s1. The second-order valence-electron chi connectivity index (χ2n) is 9.26. The van der Waals surface area contributed by atoms with Crippen molar-refractivity contribution in [2.45, 2.75) is 50.6 Å². The number of aliphatic hydroxyl groups is 1. The van der Waals surface area contributed by atoms with Crippen LogP contribution in [0.2, 0.25) is 0 Å². The maximum atomic E-state index is 13.5. The molecule has 5 heteroatoms. The van der Waals surface area contributed by atoms with Gasteiger partial charge < -0.3 is 15.3 Å². The van der Waals surface area contributed by atoms with Crippen LogP contribution in [0.4, 0.5) is 10.1 Å². The number of likely N-dealkylation sites (tertiary alicyclic amines) is 1. The van der Waals surface area contributed by atoms with Crippen LogP contribution in [0.1, 0.15) is 61.3 Å². The molecule has 0 radical (unpaired) electrons. The van der Waals surface area contributed by atoms with E-state index in [1.165, 1.54) is 18.6 Å². The number of hydrogen-bond acceptors (Lipinski definition) is 3. The lowest BCUT2D eigenvalue weighted by Gasteiger charge is -2.40. The lowest BCUT2D eigenvalue weighted by molar-refractivity contribution is -0.138. The Labute approximate surface area is 188 Å². The Morgan fingerprint density at radius 1 is 1.03 bits per heavy atom. The molecule has 2 aromatic rings. The molecule has 166 valence electrons. The fourth-order valence-corrected chi connectivity index (χ4v) is 5.65. The number of nitrogens with zero attached hydrogens (tertiary/aromatic N) is 1. The van der Waals surface area contributed by atoms with Gasteiger partial charge >= 0.3 is 0 Å². The molecule has 0 spiro atoms. The van der Waals surface area contributed by atoms with Gasteiger partial charge in [0.15, 0.2) is 0 Å². The third kappa shape index (κ3) is 4.00. The Kier molecular flexibility index (Phi) is 5.89. The SMILES string of the molecule is O=C(C1CCCCC1)N1CC[C@@H]2[C@@H](CO)Nc3ccc(C#Cc4ccc(F)cc4)cc3[C@@H]21. The zero-order valence-corrected chi connectivity index (χ0v) is 18.2. The van der Waals surface area contributed by atoms with Gasteiger partial charge in [0.05, 0.1) is 18.7 Å². The summed E-state index contributed by atoms with van der Waals surface area (Å²) in [6.45, 7) is 0.798. The summed E-state index contributed by atoms with van der Waals surface area (Å²) in [4.78, 5) is 15.6. The van der Waals surface area contributed by atoms with E-state index in [1.54, 1.807) is 12.1 Å². The van der Waals surface area contributed by atoms with E-state index < -0.39 is 0 Å². The molecule has 4 nitrogen and oxygen atoms in total. The number of fused-ring (bicyclic) bond motifs is 3. The Morgan fingerprint density at radius 2 is 1.75 bits per heavy atom. The Morgan fingerprint density at radius 3 is 2.50 bits per heavy atom. The van der Waals surface area contributed by atoms with Crippen molar-refractivity contribution in [3.05, 3.63) is 65.0 Å². The molecule has 0 unspecified atom stereocenters. The average Bonchev–Trinajstić information content (AvgIpc) is 3.29. The highest BCUT2D eigenvalue weighted by molar-refractivity contribution is 5.80. The van der Waals surface area contributed by atoms with Gasteiger partial charge in [-0.1, -0.05) is 31.1 Å². The number of amides is 1. The van der Waals surface area contributed by atoms with Crippen LogP contribution in [0.15, 0.2) is 42.5 Å². The number of rotatable bonds is 2. The fraction of sp³-hybridized carbons (Fsp3) is 0.444. The highest BCUT2D eigenvalue weighted by Gasteiger charge is 2.46. The summed E-state index contributed by atoms with van der Waals surface area (Å²) in [5, 5.41) is 13.5. The fourth-order valence-electron chi connectivity index (χ4n) is 5.65. The summed E-state index contributed by atoms with van der Waals surface area (Å²) in [6.07, 6.45) is 6.38. The summed E-state index contributed by atoms with van der Waals surface area (Å²) >= 11 is 0. The van der Waals surface area contributed by atoms with Crippen LogP contribution in [-0.4, -0.2) is 35.1 Å². The third-order valence-corrected chi connectivity index (χ3v) is 7.30. The largest absolute Gasteiger partial charge is 0.394 e. The molecule has 2 aromatic carbocycles. The van der Waals surface area contributed by atoms with Gasteiger partial charge in [0.25, 0.3) is 0 Å². The monoisotopic (exact) mass is 432 g/mol. The van der Waals surface area contributed by atoms with Crippen molar-refractivity contribution in [1.29, 1.82) is 0 Å². The summed E-state index contributed by atoms with van der Waals surface area (Å²) in [6, 6.07) is 12.1. The van der Waals surface area contributed by atoms with Crippen molar-refractivity contribution >= 4 is 11.6 Å².